The van der Waals surface area contributed by atoms with Gasteiger partial charge < -0.3 is 31.4 Å². The number of aromatic hydroxyl groups is 1. The highest BCUT2D eigenvalue weighted by molar-refractivity contribution is 6.02. The van der Waals surface area contributed by atoms with Gasteiger partial charge >= 0.3 is 0 Å². The van der Waals surface area contributed by atoms with Gasteiger partial charge in [0.1, 0.15) is 22.8 Å². The molecule has 0 saturated carbocycles. The summed E-state index contributed by atoms with van der Waals surface area (Å²) in [7, 11) is 0. The van der Waals surface area contributed by atoms with Gasteiger partial charge in [0.05, 0.1) is 12.3 Å². The van der Waals surface area contributed by atoms with Gasteiger partial charge in [0, 0.05) is 28.1 Å². The number of hydrogen-bond acceptors (Lipinski definition) is 5. The van der Waals surface area contributed by atoms with Crippen molar-refractivity contribution in [2.75, 3.05) is 11.9 Å². The first-order valence-electron chi connectivity index (χ1n) is 14.5. The Labute approximate surface area is 264 Å². The van der Waals surface area contributed by atoms with E-state index in [0.717, 1.165) is 71.1 Å². The zero-order chi connectivity index (χ0) is 30.4. The van der Waals surface area contributed by atoms with E-state index in [4.69, 9.17) is 20.9 Å². The number of halogens is 1. The number of anilines is 1. The quantitative estimate of drug-likeness (QED) is 0.0648. The van der Waals surface area contributed by atoms with Crippen LogP contribution in [0.25, 0.3) is 16.8 Å². The topological polar surface area (TPSA) is 132 Å². The van der Waals surface area contributed by atoms with Crippen molar-refractivity contribution in [3.8, 4) is 17.2 Å². The van der Waals surface area contributed by atoms with Crippen molar-refractivity contribution in [3.63, 3.8) is 0 Å². The van der Waals surface area contributed by atoms with Crippen LogP contribution in [0.15, 0.2) is 83.9 Å². The number of fused-ring (bicyclic) bond motifs is 3. The second-order valence-electron chi connectivity index (χ2n) is 11.2. The van der Waals surface area contributed by atoms with Crippen molar-refractivity contribution < 1.29 is 19.4 Å². The largest absolute Gasteiger partial charge is 0.507 e. The smallest absolute Gasteiger partial charge is 0.248 e. The molecule has 0 fully saturated rings. The third-order valence-electron chi connectivity index (χ3n) is 7.83. The summed E-state index contributed by atoms with van der Waals surface area (Å²) in [5, 5.41) is 15.3. The fourth-order valence-electron chi connectivity index (χ4n) is 5.44. The van der Waals surface area contributed by atoms with Crippen molar-refractivity contribution in [2.24, 2.45) is 16.5 Å². The number of aliphatic imine (C=N–C) groups is 1. The van der Waals surface area contributed by atoms with Crippen molar-refractivity contribution in [1.82, 2.24) is 0 Å². The van der Waals surface area contributed by atoms with Crippen molar-refractivity contribution in [2.45, 2.75) is 51.6 Å². The highest BCUT2D eigenvalue weighted by Crippen LogP contribution is 2.46. The first-order valence-corrected chi connectivity index (χ1v) is 14.5. The Morgan fingerprint density at radius 1 is 1.05 bits per heavy atom. The lowest BCUT2D eigenvalue weighted by Gasteiger charge is -2.37. The van der Waals surface area contributed by atoms with E-state index in [1.165, 1.54) is 6.08 Å². The molecule has 0 radical (unpaired) electrons. The monoisotopic (exact) mass is 614 g/mol. The highest BCUT2D eigenvalue weighted by Gasteiger charge is 2.33. The minimum Gasteiger partial charge on any atom is -0.507 e. The molecule has 6 N–H and O–H groups in total. The Kier molecular flexibility index (Phi) is 10.4. The van der Waals surface area contributed by atoms with E-state index in [2.05, 4.69) is 17.2 Å². The van der Waals surface area contributed by atoms with Crippen molar-refractivity contribution >= 4 is 52.5 Å². The first-order chi connectivity index (χ1) is 20.7. The molecular weight excluding hydrogens is 576 g/mol. The fraction of sp³-hybridized carbons (Fsp3) is 0.257. The van der Waals surface area contributed by atoms with E-state index in [1.807, 2.05) is 67.6 Å². The molecule has 8 nitrogen and oxygen atoms in total. The lowest BCUT2D eigenvalue weighted by Crippen LogP contribution is -2.36. The van der Waals surface area contributed by atoms with E-state index >= 15 is 0 Å². The summed E-state index contributed by atoms with van der Waals surface area (Å²) in [6, 6.07) is 22.5. The summed E-state index contributed by atoms with van der Waals surface area (Å²) >= 11 is 0. The minimum absolute atomic E-state index is 0. The van der Waals surface area contributed by atoms with Gasteiger partial charge in [0.2, 0.25) is 5.91 Å². The number of nitrogens with two attached hydrogens (primary N) is 2. The number of guanidine groups is 1. The molecule has 44 heavy (non-hydrogen) atoms. The Balaban J connectivity index is 0.00000442. The van der Waals surface area contributed by atoms with E-state index in [9.17, 15) is 9.90 Å². The molecule has 230 valence electrons. The second kappa shape index (κ2) is 14.2. The first kappa shape index (κ1) is 32.2. The molecule has 9 heteroatoms. The number of unbranched alkanes of at least 4 members (excludes halogenated alkanes) is 1. The van der Waals surface area contributed by atoms with Crippen LogP contribution in [-0.4, -0.2) is 29.2 Å². The molecular formula is C35H39ClN4O4. The third kappa shape index (κ3) is 7.82. The van der Waals surface area contributed by atoms with Gasteiger partial charge in [-0.2, -0.15) is 0 Å². The van der Waals surface area contributed by atoms with Gasteiger partial charge in [-0.25, -0.2) is 4.99 Å². The lowest BCUT2D eigenvalue weighted by atomic mass is 9.85. The maximum absolute atomic E-state index is 12.3. The third-order valence-corrected chi connectivity index (χ3v) is 7.83. The molecule has 4 aromatic carbocycles. The molecule has 0 spiro atoms. The van der Waals surface area contributed by atoms with E-state index in [0.29, 0.717) is 23.7 Å². The molecule has 0 bridgehead atoms. The van der Waals surface area contributed by atoms with E-state index in [1.54, 1.807) is 18.2 Å². The minimum atomic E-state index is -0.259. The molecule has 0 aromatic heterocycles. The standard InChI is InChI=1S/C35H38N4O4.ClH/c1-23-28-19-21-35(2,43-33(28)30-8-4-3-7-29(30)32(23)41)20-5-6-22-42-27-16-14-25(15-17-27)38-31(40)18-11-24-9-12-26(13-10-24)39-34(36)37;/h3-4,7-18,41H,5-6,19-22H2,1-2H3,(H,38,40)(H4,36,37,39);1H. The number of nitrogens with one attached hydrogen (secondary N) is 1. The molecule has 1 unspecified atom stereocenters. The number of amides is 1. The molecule has 0 saturated heterocycles. The summed E-state index contributed by atoms with van der Waals surface area (Å²) in [4.78, 5) is 16.3. The Bertz CT molecular complexity index is 1670. The van der Waals surface area contributed by atoms with Gasteiger partial charge in [-0.05, 0) is 99.6 Å². The summed E-state index contributed by atoms with van der Waals surface area (Å²) in [5.74, 6) is 1.79. The van der Waals surface area contributed by atoms with Crippen LogP contribution in [0.5, 0.6) is 17.2 Å². The molecule has 1 atom stereocenters. The number of rotatable bonds is 10. The second-order valence-corrected chi connectivity index (χ2v) is 11.2. The normalized spacial score (nSPS) is 15.6. The maximum Gasteiger partial charge on any atom is 0.248 e. The Morgan fingerprint density at radius 2 is 1.75 bits per heavy atom. The molecule has 5 rings (SSSR count). The van der Waals surface area contributed by atoms with Crippen LogP contribution in [0.4, 0.5) is 11.4 Å². The predicted molar refractivity (Wildman–Crippen MR) is 180 cm³/mol. The number of phenolic OH excluding ortho intramolecular Hbond substituents is 1. The number of hydrogen-bond donors (Lipinski definition) is 4. The number of phenols is 1. The SMILES string of the molecule is Cc1c2c(c3ccccc3c1O)OC(C)(CCCCOc1ccc(NC(=O)C=Cc3ccc(N=C(N)N)cc3)cc1)CC2.Cl. The van der Waals surface area contributed by atoms with Crippen molar-refractivity contribution in [1.29, 1.82) is 0 Å². The highest BCUT2D eigenvalue weighted by atomic mass is 35.5. The lowest BCUT2D eigenvalue weighted by molar-refractivity contribution is -0.111. The maximum atomic E-state index is 12.3. The molecule has 1 heterocycles. The molecule has 1 aliphatic rings. The van der Waals surface area contributed by atoms with Crippen LogP contribution in [-0.2, 0) is 11.2 Å². The Hall–Kier alpha value is -4.69. The summed E-state index contributed by atoms with van der Waals surface area (Å²) in [6.45, 7) is 4.75. The molecule has 4 aromatic rings. The Morgan fingerprint density at radius 3 is 2.45 bits per heavy atom. The van der Waals surface area contributed by atoms with Crippen LogP contribution >= 0.6 is 12.4 Å². The molecule has 0 aliphatic carbocycles. The van der Waals surface area contributed by atoms with Gasteiger partial charge in [0.25, 0.3) is 0 Å². The van der Waals surface area contributed by atoms with Crippen molar-refractivity contribution in [3.05, 3.63) is 95.6 Å². The van der Waals surface area contributed by atoms with E-state index < -0.39 is 0 Å². The average Bonchev–Trinajstić information content (AvgIpc) is 3.00. The zero-order valence-corrected chi connectivity index (χ0v) is 25.8. The van der Waals surface area contributed by atoms with E-state index in [-0.39, 0.29) is 29.9 Å². The number of nitrogens with zero attached hydrogens (tertiary/aromatic N) is 1. The average molecular weight is 615 g/mol. The van der Waals surface area contributed by atoms with Gasteiger partial charge in [-0.1, -0.05) is 36.4 Å². The summed E-state index contributed by atoms with van der Waals surface area (Å²) in [6.07, 6.45) is 7.78. The summed E-state index contributed by atoms with van der Waals surface area (Å²) in [5.41, 5.74) is 14.7. The zero-order valence-electron chi connectivity index (χ0n) is 25.0. The molecule has 1 amide bonds. The summed E-state index contributed by atoms with van der Waals surface area (Å²) < 4.78 is 12.6. The number of carbonyl (C=O) groups excluding carboxylic acids is 1. The van der Waals surface area contributed by atoms with Crippen LogP contribution in [0, 0.1) is 6.92 Å². The van der Waals surface area contributed by atoms with Crippen LogP contribution in [0.2, 0.25) is 0 Å². The van der Waals surface area contributed by atoms with Gasteiger partial charge in [-0.3, -0.25) is 4.79 Å². The number of ether oxygens (including phenoxy) is 2. The van der Waals surface area contributed by atoms with Crippen LogP contribution < -0.4 is 26.3 Å². The number of carbonyl (C=O) groups is 1. The van der Waals surface area contributed by atoms with Gasteiger partial charge in [-0.15, -0.1) is 12.4 Å². The van der Waals surface area contributed by atoms with Crippen LogP contribution in [0.3, 0.4) is 0 Å². The van der Waals surface area contributed by atoms with Gasteiger partial charge in [0.15, 0.2) is 5.96 Å². The molecule has 1 aliphatic heterocycles. The predicted octanol–water partition coefficient (Wildman–Crippen LogP) is 7.17. The van der Waals surface area contributed by atoms with Crippen LogP contribution in [0.1, 0.15) is 49.3 Å². The fourth-order valence-corrected chi connectivity index (χ4v) is 5.44. The number of benzene rings is 4.